The highest BCUT2D eigenvalue weighted by molar-refractivity contribution is 7.81. The minimum Gasteiger partial charge on any atom is -0.357 e. The first-order chi connectivity index (χ1) is 14.0. The van der Waals surface area contributed by atoms with Crippen LogP contribution in [0.2, 0.25) is 5.02 Å². The van der Waals surface area contributed by atoms with Crippen molar-refractivity contribution >= 4 is 41.6 Å². The Morgan fingerprint density at radius 2 is 1.41 bits per heavy atom. The number of thiocarbonyl (C=S) groups is 1. The molecular weight excluding hydrogens is 419 g/mol. The molecule has 0 aliphatic heterocycles. The van der Waals surface area contributed by atoms with Crippen LogP contribution in [0.1, 0.15) is 33.3 Å². The zero-order chi connectivity index (χ0) is 21.3. The SMILES string of the molecule is CCN(CC)P(=NC(=S)NCc1ccc(Cl)cc1)(c1ccccc1)N(CC)CC. The lowest BCUT2D eigenvalue weighted by atomic mass is 10.2. The molecule has 0 aromatic heterocycles. The predicted octanol–water partition coefficient (Wildman–Crippen LogP) is 5.75. The molecule has 0 fully saturated rings. The molecule has 0 spiro atoms. The maximum Gasteiger partial charge on any atom is 0.194 e. The molecule has 7 heteroatoms. The van der Waals surface area contributed by atoms with Gasteiger partial charge in [-0.05, 0) is 29.9 Å². The lowest BCUT2D eigenvalue weighted by molar-refractivity contribution is 0.421. The van der Waals surface area contributed by atoms with Crippen molar-refractivity contribution in [3.8, 4) is 0 Å². The quantitative estimate of drug-likeness (QED) is 0.389. The summed E-state index contributed by atoms with van der Waals surface area (Å²) in [5, 5.41) is 5.87. The summed E-state index contributed by atoms with van der Waals surface area (Å²) in [5.74, 6) is 0. The Balaban J connectivity index is 2.48. The maximum atomic E-state index is 5.99. The molecule has 0 radical (unpaired) electrons. The van der Waals surface area contributed by atoms with E-state index in [-0.39, 0.29) is 0 Å². The summed E-state index contributed by atoms with van der Waals surface area (Å²) in [4.78, 5) is 0. The highest BCUT2D eigenvalue weighted by atomic mass is 35.5. The first-order valence-corrected chi connectivity index (χ1v) is 12.7. The van der Waals surface area contributed by atoms with E-state index >= 15 is 0 Å². The summed E-state index contributed by atoms with van der Waals surface area (Å²) in [6.45, 7) is 13.1. The Morgan fingerprint density at radius 3 is 1.90 bits per heavy atom. The van der Waals surface area contributed by atoms with Crippen molar-refractivity contribution < 1.29 is 0 Å². The van der Waals surface area contributed by atoms with E-state index in [0.29, 0.717) is 11.7 Å². The lowest BCUT2D eigenvalue weighted by Crippen LogP contribution is -2.38. The number of nitrogens with one attached hydrogen (secondary N) is 1. The first-order valence-electron chi connectivity index (χ1n) is 10.2. The third-order valence-corrected chi connectivity index (χ3v) is 9.74. The lowest BCUT2D eigenvalue weighted by Gasteiger charge is -2.43. The van der Waals surface area contributed by atoms with Crippen molar-refractivity contribution in [1.82, 2.24) is 14.7 Å². The number of hydrogen-bond acceptors (Lipinski definition) is 1. The van der Waals surface area contributed by atoms with E-state index < -0.39 is 7.36 Å². The van der Waals surface area contributed by atoms with E-state index in [1.54, 1.807) is 0 Å². The van der Waals surface area contributed by atoms with Crippen LogP contribution in [0, 0.1) is 0 Å². The fourth-order valence-electron chi connectivity index (χ4n) is 3.50. The molecule has 0 amide bonds. The first kappa shape index (κ1) is 24.0. The van der Waals surface area contributed by atoms with Crippen molar-refractivity contribution in [2.45, 2.75) is 34.2 Å². The van der Waals surface area contributed by atoms with Gasteiger partial charge in [-0.25, -0.2) is 4.74 Å². The zero-order valence-electron chi connectivity index (χ0n) is 17.8. The molecule has 0 aliphatic rings. The van der Waals surface area contributed by atoms with Crippen LogP contribution in [0.5, 0.6) is 0 Å². The molecule has 0 bridgehead atoms. The van der Waals surface area contributed by atoms with Gasteiger partial charge in [0.25, 0.3) is 0 Å². The average Bonchev–Trinajstić information content (AvgIpc) is 2.75. The highest BCUT2D eigenvalue weighted by Gasteiger charge is 2.34. The fraction of sp³-hybridized carbons (Fsp3) is 0.409. The van der Waals surface area contributed by atoms with Gasteiger partial charge in [0.05, 0.1) is 0 Å². The molecule has 1 N–H and O–H groups in total. The van der Waals surface area contributed by atoms with Gasteiger partial charge in [0.1, 0.15) is 7.36 Å². The Kier molecular flexibility index (Phi) is 9.81. The standard InChI is InChI=1S/C22H32ClN4PS/c1-5-26(6-2)28(27(7-3)8-4,21-12-10-9-11-13-21)25-22(29)24-18-19-14-16-20(23)17-15-19/h9-17H,5-8,18H2,1-4H3,(H,24,29). The predicted molar refractivity (Wildman–Crippen MR) is 132 cm³/mol. The number of hydrogen-bond donors (Lipinski definition) is 1. The maximum absolute atomic E-state index is 5.99. The summed E-state index contributed by atoms with van der Waals surface area (Å²) < 4.78 is 10.2. The van der Waals surface area contributed by atoms with Crippen molar-refractivity contribution in [3.63, 3.8) is 0 Å². The summed E-state index contributed by atoms with van der Waals surface area (Å²) in [6.07, 6.45) is 0. The topological polar surface area (TPSA) is 30.9 Å². The van der Waals surface area contributed by atoms with Crippen LogP contribution in [0.3, 0.4) is 0 Å². The van der Waals surface area contributed by atoms with Crippen molar-refractivity contribution in [2.24, 2.45) is 4.74 Å². The molecule has 2 rings (SSSR count). The molecule has 158 valence electrons. The van der Waals surface area contributed by atoms with Crippen LogP contribution in [0.25, 0.3) is 0 Å². The highest BCUT2D eigenvalue weighted by Crippen LogP contribution is 2.55. The van der Waals surface area contributed by atoms with Gasteiger partial charge in [0, 0.05) is 43.1 Å². The summed E-state index contributed by atoms with van der Waals surface area (Å²) in [6, 6.07) is 18.4. The van der Waals surface area contributed by atoms with Crippen molar-refractivity contribution in [2.75, 3.05) is 26.2 Å². The van der Waals surface area contributed by atoms with Crippen molar-refractivity contribution in [3.05, 3.63) is 65.2 Å². The third-order valence-electron chi connectivity index (χ3n) is 4.94. The summed E-state index contributed by atoms with van der Waals surface area (Å²) in [5.41, 5.74) is 1.13. The normalized spacial score (nSPS) is 11.7. The molecule has 0 unspecified atom stereocenters. The van der Waals surface area contributed by atoms with Gasteiger partial charge in [-0.15, -0.1) is 0 Å². The summed E-state index contributed by atoms with van der Waals surface area (Å²) >= 11 is 11.7. The van der Waals surface area contributed by atoms with Gasteiger partial charge in [-0.2, -0.15) is 0 Å². The smallest absolute Gasteiger partial charge is 0.194 e. The van der Waals surface area contributed by atoms with Gasteiger partial charge >= 0.3 is 0 Å². The Bertz CT molecular complexity index is 802. The molecule has 2 aromatic rings. The molecule has 4 nitrogen and oxygen atoms in total. The van der Waals surface area contributed by atoms with E-state index in [0.717, 1.165) is 36.8 Å². The average molecular weight is 451 g/mol. The number of halogens is 1. The van der Waals surface area contributed by atoms with E-state index in [1.165, 1.54) is 5.30 Å². The molecule has 0 heterocycles. The minimum absolute atomic E-state index is 0.552. The van der Waals surface area contributed by atoms with Gasteiger partial charge in [0.15, 0.2) is 5.11 Å². The van der Waals surface area contributed by atoms with Crippen LogP contribution >= 0.6 is 31.2 Å². The number of benzene rings is 2. The van der Waals surface area contributed by atoms with E-state index in [4.69, 9.17) is 28.6 Å². The zero-order valence-corrected chi connectivity index (χ0v) is 20.3. The molecule has 29 heavy (non-hydrogen) atoms. The molecular formula is C22H32ClN4PS. The second kappa shape index (κ2) is 11.8. The van der Waals surface area contributed by atoms with Crippen LogP contribution in [-0.2, 0) is 6.54 Å². The van der Waals surface area contributed by atoms with Crippen LogP contribution < -0.4 is 10.6 Å². The molecule has 0 saturated carbocycles. The Labute approximate surface area is 186 Å². The van der Waals surface area contributed by atoms with E-state index in [1.807, 2.05) is 24.3 Å². The number of nitrogens with zero attached hydrogens (tertiary/aromatic N) is 3. The fourth-order valence-corrected chi connectivity index (χ4v) is 7.89. The largest absolute Gasteiger partial charge is 0.357 e. The molecule has 0 atom stereocenters. The minimum atomic E-state index is -2.19. The van der Waals surface area contributed by atoms with Gasteiger partial charge in [-0.3, -0.25) is 9.34 Å². The van der Waals surface area contributed by atoms with E-state index in [2.05, 4.69) is 72.7 Å². The monoisotopic (exact) mass is 450 g/mol. The van der Waals surface area contributed by atoms with Crippen LogP contribution in [0.15, 0.2) is 59.3 Å². The number of rotatable bonds is 9. The van der Waals surface area contributed by atoms with Gasteiger partial charge in [0.2, 0.25) is 0 Å². The van der Waals surface area contributed by atoms with Crippen LogP contribution in [0.4, 0.5) is 0 Å². The van der Waals surface area contributed by atoms with E-state index in [9.17, 15) is 0 Å². The summed E-state index contributed by atoms with van der Waals surface area (Å²) in [7, 11) is -2.19. The Morgan fingerprint density at radius 1 is 0.897 bits per heavy atom. The Hall–Kier alpha value is -1.23. The molecule has 0 saturated heterocycles. The van der Waals surface area contributed by atoms with Crippen molar-refractivity contribution in [1.29, 1.82) is 0 Å². The van der Waals surface area contributed by atoms with Crippen LogP contribution in [-0.4, -0.2) is 40.6 Å². The second-order valence-electron chi connectivity index (χ2n) is 6.57. The van der Waals surface area contributed by atoms with Gasteiger partial charge < -0.3 is 5.32 Å². The van der Waals surface area contributed by atoms with Gasteiger partial charge in [-0.1, -0.05) is 81.8 Å². The molecule has 2 aromatic carbocycles. The second-order valence-corrected chi connectivity index (χ2v) is 10.4. The molecule has 0 aliphatic carbocycles. The third kappa shape index (κ3) is 5.90.